The maximum atomic E-state index is 4.99. The molecule has 5 rings (SSSR count). The molecule has 1 aliphatic carbocycles. The molecule has 1 aliphatic rings. The van der Waals surface area contributed by atoms with E-state index in [1.165, 1.54) is 54.2 Å². The summed E-state index contributed by atoms with van der Waals surface area (Å²) in [5, 5.41) is 1.29. The average Bonchev–Trinajstić information content (AvgIpc) is 3.03. The van der Waals surface area contributed by atoms with Gasteiger partial charge in [-0.05, 0) is 71.4 Å². The lowest BCUT2D eigenvalue weighted by molar-refractivity contribution is 0.445. The summed E-state index contributed by atoms with van der Waals surface area (Å²) >= 11 is 0. The van der Waals surface area contributed by atoms with Crippen LogP contribution in [0.5, 0.6) is 0 Å². The van der Waals surface area contributed by atoms with Crippen LogP contribution in [-0.2, 0) is 0 Å². The second-order valence-corrected chi connectivity index (χ2v) is 9.77. The predicted octanol–water partition coefficient (Wildman–Crippen LogP) is 10.7. The van der Waals surface area contributed by atoms with Crippen molar-refractivity contribution in [2.75, 3.05) is 0 Å². The topological polar surface area (TPSA) is 25.8 Å². The SMILES string of the molecule is C(=C\C=C\c1cc(C2CCCCC2)c2cc(/C=C/C=C/c3ccccc3)ccc2n1)/C=C/c1cccnc1.CC. The van der Waals surface area contributed by atoms with Gasteiger partial charge in [-0.15, -0.1) is 0 Å². The van der Waals surface area contributed by atoms with Crippen molar-refractivity contribution in [1.82, 2.24) is 9.97 Å². The van der Waals surface area contributed by atoms with Crippen LogP contribution in [0.25, 0.3) is 35.2 Å². The van der Waals surface area contributed by atoms with Crippen LogP contribution in [0.1, 0.15) is 79.8 Å². The van der Waals surface area contributed by atoms with Gasteiger partial charge in [0.2, 0.25) is 0 Å². The molecule has 0 radical (unpaired) electrons. The highest BCUT2D eigenvalue weighted by Crippen LogP contribution is 2.37. The van der Waals surface area contributed by atoms with Crippen molar-refractivity contribution >= 4 is 35.2 Å². The van der Waals surface area contributed by atoms with E-state index in [4.69, 9.17) is 4.98 Å². The molecule has 1 fully saturated rings. The van der Waals surface area contributed by atoms with Gasteiger partial charge in [0.1, 0.15) is 0 Å². The van der Waals surface area contributed by atoms with E-state index in [0.717, 1.165) is 16.8 Å². The number of rotatable bonds is 8. The van der Waals surface area contributed by atoms with Gasteiger partial charge in [0.15, 0.2) is 0 Å². The lowest BCUT2D eigenvalue weighted by atomic mass is 9.82. The second-order valence-electron chi connectivity index (χ2n) is 9.77. The fourth-order valence-electron chi connectivity index (χ4n) is 5.05. The molecule has 40 heavy (non-hydrogen) atoms. The molecule has 0 spiro atoms. The molecule has 0 saturated heterocycles. The largest absolute Gasteiger partial charge is 0.264 e. The molecule has 0 amide bonds. The van der Waals surface area contributed by atoms with Crippen LogP contribution < -0.4 is 0 Å². The minimum atomic E-state index is 0.608. The number of aromatic nitrogens is 2. The lowest BCUT2D eigenvalue weighted by Gasteiger charge is -2.23. The number of benzene rings is 2. The Hall–Kier alpha value is -4.30. The van der Waals surface area contributed by atoms with Gasteiger partial charge in [-0.1, -0.05) is 130 Å². The van der Waals surface area contributed by atoms with Crippen molar-refractivity contribution in [1.29, 1.82) is 0 Å². The summed E-state index contributed by atoms with van der Waals surface area (Å²) in [7, 11) is 0. The van der Waals surface area contributed by atoms with Gasteiger partial charge in [-0.3, -0.25) is 4.98 Å². The van der Waals surface area contributed by atoms with Gasteiger partial charge < -0.3 is 0 Å². The van der Waals surface area contributed by atoms with Gasteiger partial charge in [0, 0.05) is 17.8 Å². The third-order valence-electron chi connectivity index (χ3n) is 6.99. The first-order valence-corrected chi connectivity index (χ1v) is 14.6. The third kappa shape index (κ3) is 8.61. The fraction of sp³-hybridized carbons (Fsp3) is 0.211. The fourth-order valence-corrected chi connectivity index (χ4v) is 5.05. The van der Waals surface area contributed by atoms with Crippen LogP contribution in [0.15, 0.2) is 116 Å². The van der Waals surface area contributed by atoms with Gasteiger partial charge >= 0.3 is 0 Å². The van der Waals surface area contributed by atoms with E-state index in [9.17, 15) is 0 Å². The molecule has 1 saturated carbocycles. The highest BCUT2D eigenvalue weighted by Gasteiger charge is 2.19. The van der Waals surface area contributed by atoms with Gasteiger partial charge in [-0.2, -0.15) is 0 Å². The molecule has 2 aromatic heterocycles. The lowest BCUT2D eigenvalue weighted by Crippen LogP contribution is -2.06. The molecular formula is C38H40N2. The number of nitrogens with zero attached hydrogens (tertiary/aromatic N) is 2. The summed E-state index contributed by atoms with van der Waals surface area (Å²) in [6.07, 6.45) is 31.1. The first kappa shape index (κ1) is 28.7. The van der Waals surface area contributed by atoms with E-state index >= 15 is 0 Å². The molecule has 2 nitrogen and oxygen atoms in total. The van der Waals surface area contributed by atoms with Crippen LogP contribution in [0.2, 0.25) is 0 Å². The van der Waals surface area contributed by atoms with E-state index < -0.39 is 0 Å². The van der Waals surface area contributed by atoms with Gasteiger partial charge in [-0.25, -0.2) is 4.98 Å². The third-order valence-corrected chi connectivity index (χ3v) is 6.99. The number of fused-ring (bicyclic) bond motifs is 1. The molecule has 2 heterocycles. The molecule has 0 N–H and O–H groups in total. The Balaban J connectivity index is 0.00000181. The number of hydrogen-bond acceptors (Lipinski definition) is 2. The summed E-state index contributed by atoms with van der Waals surface area (Å²) in [5.41, 5.74) is 7.05. The smallest absolute Gasteiger partial charge is 0.0712 e. The first-order chi connectivity index (χ1) is 19.8. The molecular weight excluding hydrogens is 484 g/mol. The van der Waals surface area contributed by atoms with Crippen LogP contribution in [-0.4, -0.2) is 9.97 Å². The monoisotopic (exact) mass is 524 g/mol. The van der Waals surface area contributed by atoms with E-state index in [1.807, 2.05) is 50.4 Å². The van der Waals surface area contributed by atoms with E-state index in [-0.39, 0.29) is 0 Å². The Morgan fingerprint density at radius 2 is 1.30 bits per heavy atom. The second kappa shape index (κ2) is 16.0. The van der Waals surface area contributed by atoms with Gasteiger partial charge in [0.05, 0.1) is 11.2 Å². The Morgan fingerprint density at radius 3 is 2.05 bits per heavy atom. The number of hydrogen-bond donors (Lipinski definition) is 0. The molecule has 4 aromatic rings. The Labute approximate surface area is 240 Å². The molecule has 0 unspecified atom stereocenters. The van der Waals surface area contributed by atoms with Crippen molar-refractivity contribution < 1.29 is 0 Å². The molecule has 0 atom stereocenters. The standard InChI is InChI=1S/C36H34N2.C2H6/c1(5-18-31-19-13-25-37-28-31)2-10-22-33-27-34(32-20-8-4-9-21-32)35-26-30(23-24-36(35)38-33)17-12-11-16-29-14-6-3-7-15-29;1-2/h1-3,5-7,10-19,22-28,32H,4,8-9,20-21H2;1-2H3/b2-1+,16-11+,17-12+,18-5+,22-10+;. The molecule has 0 aliphatic heterocycles. The summed E-state index contributed by atoms with van der Waals surface area (Å²) in [4.78, 5) is 9.13. The van der Waals surface area contributed by atoms with Crippen molar-refractivity contribution in [3.8, 4) is 0 Å². The number of pyridine rings is 2. The zero-order valence-electron chi connectivity index (χ0n) is 23.8. The normalized spacial score (nSPS) is 14.7. The van der Waals surface area contributed by atoms with Crippen LogP contribution in [0.3, 0.4) is 0 Å². The minimum absolute atomic E-state index is 0.608. The van der Waals surface area contributed by atoms with Crippen LogP contribution >= 0.6 is 0 Å². The highest BCUT2D eigenvalue weighted by molar-refractivity contribution is 5.86. The zero-order chi connectivity index (χ0) is 27.8. The number of allylic oxidation sites excluding steroid dienone is 6. The Morgan fingerprint density at radius 1 is 0.625 bits per heavy atom. The predicted molar refractivity (Wildman–Crippen MR) is 175 cm³/mol. The first-order valence-electron chi connectivity index (χ1n) is 14.6. The molecule has 2 aromatic carbocycles. The average molecular weight is 525 g/mol. The zero-order valence-corrected chi connectivity index (χ0v) is 23.8. The molecule has 2 heteroatoms. The minimum Gasteiger partial charge on any atom is -0.264 e. The van der Waals surface area contributed by atoms with E-state index in [0.29, 0.717) is 5.92 Å². The summed E-state index contributed by atoms with van der Waals surface area (Å²) in [6.45, 7) is 4.00. The van der Waals surface area contributed by atoms with E-state index in [2.05, 4.69) is 102 Å². The summed E-state index contributed by atoms with van der Waals surface area (Å²) in [5.74, 6) is 0.608. The summed E-state index contributed by atoms with van der Waals surface area (Å²) in [6, 6.07) is 23.4. The summed E-state index contributed by atoms with van der Waals surface area (Å²) < 4.78 is 0. The molecule has 202 valence electrons. The van der Waals surface area contributed by atoms with Crippen molar-refractivity contribution in [3.63, 3.8) is 0 Å². The molecule has 0 bridgehead atoms. The van der Waals surface area contributed by atoms with Gasteiger partial charge in [0.25, 0.3) is 0 Å². The Bertz CT molecular complexity index is 1470. The van der Waals surface area contributed by atoms with Crippen molar-refractivity contribution in [2.24, 2.45) is 0 Å². The van der Waals surface area contributed by atoms with Crippen molar-refractivity contribution in [3.05, 3.63) is 144 Å². The van der Waals surface area contributed by atoms with Crippen molar-refractivity contribution in [2.45, 2.75) is 51.9 Å². The quantitative estimate of drug-likeness (QED) is 0.214. The van der Waals surface area contributed by atoms with Crippen LogP contribution in [0, 0.1) is 0 Å². The maximum absolute atomic E-state index is 4.99. The highest BCUT2D eigenvalue weighted by atomic mass is 14.7. The maximum Gasteiger partial charge on any atom is 0.0712 e. The van der Waals surface area contributed by atoms with E-state index in [1.54, 1.807) is 6.20 Å². The van der Waals surface area contributed by atoms with Crippen LogP contribution in [0.4, 0.5) is 0 Å². The Kier molecular flexibility index (Phi) is 11.4.